The third-order valence-electron chi connectivity index (χ3n) is 2.92. The van der Waals surface area contributed by atoms with Crippen molar-refractivity contribution in [2.75, 3.05) is 12.3 Å². The summed E-state index contributed by atoms with van der Waals surface area (Å²) in [5, 5.41) is 0. The number of carbonyl (C=O) groups excluding carboxylic acids is 1. The Labute approximate surface area is 113 Å². The third kappa shape index (κ3) is 3.33. The number of likely N-dealkylation sites (tertiary alicyclic amines) is 1. The van der Waals surface area contributed by atoms with Crippen molar-refractivity contribution >= 4 is 12.0 Å². The van der Waals surface area contributed by atoms with Gasteiger partial charge in [0.1, 0.15) is 5.60 Å². The van der Waals surface area contributed by atoms with Crippen molar-refractivity contribution in [3.8, 4) is 0 Å². The predicted octanol–water partition coefficient (Wildman–Crippen LogP) is 2.13. The fraction of sp³-hybridized carbons (Fsp3) is 0.615. The minimum Gasteiger partial charge on any atom is -0.444 e. The Bertz CT molecular complexity index is 470. The molecule has 1 fully saturated rings. The molecule has 0 aromatic carbocycles. The minimum absolute atomic E-state index is 0.0693. The average molecular weight is 264 g/mol. The van der Waals surface area contributed by atoms with Crippen LogP contribution in [0.2, 0.25) is 0 Å². The van der Waals surface area contributed by atoms with Gasteiger partial charge >= 0.3 is 6.09 Å². The molecule has 104 valence electrons. The lowest BCUT2D eigenvalue weighted by Crippen LogP contribution is -2.36. The molecule has 1 unspecified atom stereocenters. The molecule has 0 saturated carbocycles. The van der Waals surface area contributed by atoms with Crippen molar-refractivity contribution in [2.45, 2.75) is 45.3 Å². The fourth-order valence-electron chi connectivity index (χ4n) is 2.19. The third-order valence-corrected chi connectivity index (χ3v) is 2.92. The maximum absolute atomic E-state index is 12.2. The summed E-state index contributed by atoms with van der Waals surface area (Å²) in [6, 6.07) is 1.73. The summed E-state index contributed by atoms with van der Waals surface area (Å²) in [6.45, 7) is 6.26. The van der Waals surface area contributed by atoms with E-state index in [2.05, 4.69) is 9.97 Å². The number of nitrogens with zero attached hydrogens (tertiary/aromatic N) is 3. The molecule has 2 heterocycles. The molecule has 1 aliphatic heterocycles. The summed E-state index contributed by atoms with van der Waals surface area (Å²) in [5.41, 5.74) is 5.88. The number of amides is 1. The zero-order valence-corrected chi connectivity index (χ0v) is 11.6. The Morgan fingerprint density at radius 2 is 2.26 bits per heavy atom. The highest BCUT2D eigenvalue weighted by atomic mass is 16.6. The lowest BCUT2D eigenvalue weighted by molar-refractivity contribution is 0.0221. The van der Waals surface area contributed by atoms with E-state index in [-0.39, 0.29) is 18.1 Å². The summed E-state index contributed by atoms with van der Waals surface area (Å²) in [5.74, 6) is 0.230. The number of aromatic nitrogens is 2. The molecule has 1 aromatic heterocycles. The van der Waals surface area contributed by atoms with E-state index in [0.29, 0.717) is 6.54 Å². The number of rotatable bonds is 1. The van der Waals surface area contributed by atoms with Crippen LogP contribution in [0.15, 0.2) is 12.3 Å². The molecule has 0 spiro atoms. The summed E-state index contributed by atoms with van der Waals surface area (Å²) >= 11 is 0. The van der Waals surface area contributed by atoms with E-state index in [1.807, 2.05) is 20.8 Å². The number of nitrogens with two attached hydrogens (primary N) is 1. The van der Waals surface area contributed by atoms with Crippen LogP contribution >= 0.6 is 0 Å². The molecule has 6 nitrogen and oxygen atoms in total. The zero-order valence-electron chi connectivity index (χ0n) is 11.6. The van der Waals surface area contributed by atoms with E-state index in [1.54, 1.807) is 17.2 Å². The summed E-state index contributed by atoms with van der Waals surface area (Å²) in [7, 11) is 0. The van der Waals surface area contributed by atoms with Crippen LogP contribution in [0.25, 0.3) is 0 Å². The highest BCUT2D eigenvalue weighted by Gasteiger charge is 2.33. The van der Waals surface area contributed by atoms with Crippen molar-refractivity contribution in [2.24, 2.45) is 0 Å². The maximum Gasteiger partial charge on any atom is 0.410 e. The molecule has 1 saturated heterocycles. The van der Waals surface area contributed by atoms with Gasteiger partial charge in [0, 0.05) is 12.7 Å². The maximum atomic E-state index is 12.2. The molecule has 2 N–H and O–H groups in total. The van der Waals surface area contributed by atoms with Gasteiger partial charge in [0.25, 0.3) is 0 Å². The van der Waals surface area contributed by atoms with E-state index in [9.17, 15) is 4.79 Å². The van der Waals surface area contributed by atoms with Crippen molar-refractivity contribution in [3.63, 3.8) is 0 Å². The Morgan fingerprint density at radius 3 is 2.89 bits per heavy atom. The van der Waals surface area contributed by atoms with Gasteiger partial charge in [0.2, 0.25) is 5.95 Å². The number of nitrogen functional groups attached to an aromatic ring is 1. The standard InChI is InChI=1S/C13H20N4O2/c1-13(2,3)19-12(18)17-8-4-5-10(17)9-6-7-15-11(14)16-9/h6-7,10H,4-5,8H2,1-3H3,(H2,14,15,16). The Balaban J connectivity index is 2.15. The Kier molecular flexibility index (Phi) is 3.59. The number of anilines is 1. The largest absolute Gasteiger partial charge is 0.444 e. The van der Waals surface area contributed by atoms with Gasteiger partial charge in [-0.15, -0.1) is 0 Å². The molecule has 1 aromatic rings. The molecule has 0 radical (unpaired) electrons. The van der Waals surface area contributed by atoms with Gasteiger partial charge in [-0.25, -0.2) is 14.8 Å². The van der Waals surface area contributed by atoms with Crippen LogP contribution in [-0.2, 0) is 4.74 Å². The monoisotopic (exact) mass is 264 g/mol. The van der Waals surface area contributed by atoms with Crippen LogP contribution in [0.1, 0.15) is 45.3 Å². The van der Waals surface area contributed by atoms with Gasteiger partial charge in [-0.05, 0) is 39.7 Å². The predicted molar refractivity (Wildman–Crippen MR) is 71.4 cm³/mol. The van der Waals surface area contributed by atoms with Crippen LogP contribution in [0.4, 0.5) is 10.7 Å². The number of carbonyl (C=O) groups is 1. The van der Waals surface area contributed by atoms with Crippen molar-refractivity contribution in [1.29, 1.82) is 0 Å². The van der Waals surface area contributed by atoms with Gasteiger partial charge in [-0.2, -0.15) is 0 Å². The lowest BCUT2D eigenvalue weighted by atomic mass is 10.1. The normalized spacial score (nSPS) is 19.5. The average Bonchev–Trinajstić information content (AvgIpc) is 2.75. The van der Waals surface area contributed by atoms with Crippen molar-refractivity contribution < 1.29 is 9.53 Å². The van der Waals surface area contributed by atoms with E-state index in [4.69, 9.17) is 10.5 Å². The first-order chi connectivity index (χ1) is 8.87. The lowest BCUT2D eigenvalue weighted by Gasteiger charge is -2.28. The molecular weight excluding hydrogens is 244 g/mol. The summed E-state index contributed by atoms with van der Waals surface area (Å²) < 4.78 is 5.42. The van der Waals surface area contributed by atoms with Gasteiger partial charge < -0.3 is 10.5 Å². The van der Waals surface area contributed by atoms with E-state index in [1.165, 1.54) is 0 Å². The number of hydrogen-bond donors (Lipinski definition) is 1. The van der Waals surface area contributed by atoms with E-state index in [0.717, 1.165) is 18.5 Å². The molecule has 19 heavy (non-hydrogen) atoms. The second-order valence-electron chi connectivity index (χ2n) is 5.67. The van der Waals surface area contributed by atoms with E-state index >= 15 is 0 Å². The summed E-state index contributed by atoms with van der Waals surface area (Å²) in [4.78, 5) is 21.9. The van der Waals surface area contributed by atoms with Crippen LogP contribution in [0.5, 0.6) is 0 Å². The minimum atomic E-state index is -0.491. The molecule has 0 aliphatic carbocycles. The highest BCUT2D eigenvalue weighted by molar-refractivity contribution is 5.69. The molecule has 6 heteroatoms. The second kappa shape index (κ2) is 5.03. The smallest absolute Gasteiger partial charge is 0.410 e. The first kappa shape index (κ1) is 13.6. The first-order valence-corrected chi connectivity index (χ1v) is 6.45. The molecule has 1 atom stereocenters. The van der Waals surface area contributed by atoms with Gasteiger partial charge in [-0.3, -0.25) is 4.90 Å². The summed E-state index contributed by atoms with van der Waals surface area (Å²) in [6.07, 6.45) is 3.12. The van der Waals surface area contributed by atoms with Crippen LogP contribution < -0.4 is 5.73 Å². The van der Waals surface area contributed by atoms with Crippen LogP contribution in [-0.4, -0.2) is 33.1 Å². The topological polar surface area (TPSA) is 81.3 Å². The molecule has 1 aliphatic rings. The Hall–Kier alpha value is -1.85. The van der Waals surface area contributed by atoms with E-state index < -0.39 is 5.60 Å². The molecule has 0 bridgehead atoms. The van der Waals surface area contributed by atoms with Gasteiger partial charge in [0.05, 0.1) is 11.7 Å². The Morgan fingerprint density at radius 1 is 1.53 bits per heavy atom. The zero-order chi connectivity index (χ0) is 14.0. The number of hydrogen-bond acceptors (Lipinski definition) is 5. The SMILES string of the molecule is CC(C)(C)OC(=O)N1CCCC1c1ccnc(N)n1. The van der Waals surface area contributed by atoms with Gasteiger partial charge in [0.15, 0.2) is 0 Å². The number of ether oxygens (including phenoxy) is 1. The second-order valence-corrected chi connectivity index (χ2v) is 5.67. The first-order valence-electron chi connectivity index (χ1n) is 6.45. The highest BCUT2D eigenvalue weighted by Crippen LogP contribution is 2.32. The quantitative estimate of drug-likeness (QED) is 0.840. The van der Waals surface area contributed by atoms with Crippen molar-refractivity contribution in [3.05, 3.63) is 18.0 Å². The molecule has 1 amide bonds. The van der Waals surface area contributed by atoms with Crippen LogP contribution in [0, 0.1) is 0 Å². The van der Waals surface area contributed by atoms with Crippen LogP contribution in [0.3, 0.4) is 0 Å². The fourth-order valence-corrected chi connectivity index (χ4v) is 2.19. The molecular formula is C13H20N4O2. The van der Waals surface area contributed by atoms with Gasteiger partial charge in [-0.1, -0.05) is 0 Å². The van der Waals surface area contributed by atoms with Crippen molar-refractivity contribution in [1.82, 2.24) is 14.9 Å². The molecule has 2 rings (SSSR count).